The first-order valence-corrected chi connectivity index (χ1v) is 9.04. The van der Waals surface area contributed by atoms with Crippen LogP contribution in [0.15, 0.2) is 0 Å². The van der Waals surface area contributed by atoms with Crippen molar-refractivity contribution in [1.29, 1.82) is 0 Å². The van der Waals surface area contributed by atoms with Crippen molar-refractivity contribution in [3.8, 4) is 0 Å². The molecule has 0 aromatic carbocycles. The maximum atomic E-state index is 10.9. The highest BCUT2D eigenvalue weighted by Crippen LogP contribution is 2.12. The number of carboxylic acids is 2. The minimum absolute atomic E-state index is 0.00625. The molecule has 2 atom stereocenters. The van der Waals surface area contributed by atoms with E-state index in [1.807, 2.05) is 0 Å². The lowest BCUT2D eigenvalue weighted by atomic mass is 10.2. The Morgan fingerprint density at radius 2 is 1.50 bits per heavy atom. The van der Waals surface area contributed by atoms with Gasteiger partial charge in [0.1, 0.15) is 11.0 Å². The summed E-state index contributed by atoms with van der Waals surface area (Å²) in [5, 5.41) is 18.3. The predicted molar refractivity (Wildman–Crippen MR) is 88.5 cm³/mol. The SMILES string of the molecule is CCC(=O)CC(SC)C(=O)O.CNC(=O)C(CC(=O)O)SC. The normalized spacial score (nSPS) is 12.4. The highest BCUT2D eigenvalue weighted by atomic mass is 32.2. The molecule has 0 heterocycles. The molecule has 0 aliphatic rings. The van der Waals surface area contributed by atoms with Crippen LogP contribution in [-0.4, -0.2) is 63.9 Å². The third-order valence-electron chi connectivity index (χ3n) is 2.55. The van der Waals surface area contributed by atoms with Crippen LogP contribution in [0.3, 0.4) is 0 Å². The Kier molecular flexibility index (Phi) is 14.1. The first kappa shape index (κ1) is 23.1. The van der Waals surface area contributed by atoms with Gasteiger partial charge in [0.25, 0.3) is 0 Å². The number of Topliss-reactive ketones (excluding diaryl/α,β-unsaturated/α-hetero) is 1. The van der Waals surface area contributed by atoms with Gasteiger partial charge in [-0.25, -0.2) is 0 Å². The maximum Gasteiger partial charge on any atom is 0.317 e. The topological polar surface area (TPSA) is 121 Å². The second-order valence-corrected chi connectivity index (χ2v) is 6.18. The van der Waals surface area contributed by atoms with Gasteiger partial charge in [0.05, 0.1) is 11.7 Å². The molecule has 0 fully saturated rings. The van der Waals surface area contributed by atoms with Gasteiger partial charge in [-0.1, -0.05) is 6.92 Å². The van der Waals surface area contributed by atoms with Gasteiger partial charge >= 0.3 is 11.9 Å². The summed E-state index contributed by atoms with van der Waals surface area (Å²) < 4.78 is 0. The molecule has 1 amide bonds. The van der Waals surface area contributed by atoms with E-state index in [0.29, 0.717) is 6.42 Å². The zero-order valence-corrected chi connectivity index (χ0v) is 14.8. The fourth-order valence-electron chi connectivity index (χ4n) is 1.23. The minimum Gasteiger partial charge on any atom is -0.481 e. The van der Waals surface area contributed by atoms with E-state index >= 15 is 0 Å². The Hall–Kier alpha value is -1.22. The van der Waals surface area contributed by atoms with Crippen molar-refractivity contribution in [2.45, 2.75) is 36.7 Å². The second kappa shape index (κ2) is 13.4. The summed E-state index contributed by atoms with van der Waals surface area (Å²) in [5.41, 5.74) is 0. The summed E-state index contributed by atoms with van der Waals surface area (Å²) in [5.74, 6) is -2.08. The predicted octanol–water partition coefficient (Wildman–Crippen LogP) is 1.11. The molecule has 0 aromatic rings. The first-order chi connectivity index (χ1) is 10.2. The van der Waals surface area contributed by atoms with Crippen molar-refractivity contribution in [1.82, 2.24) is 5.32 Å². The molecular weight excluding hydrogens is 330 g/mol. The molecule has 22 heavy (non-hydrogen) atoms. The number of carboxylic acid groups (broad SMARTS) is 2. The standard InChI is InChI=1S/C7H12O3S.C6H11NO3S/c1-3-5(8)4-6(11-2)7(9)10;1-7-6(10)4(11-2)3-5(8)9/h6H,3-4H2,1-2H3,(H,9,10);4H,3H2,1-2H3,(H,7,10)(H,8,9). The maximum absolute atomic E-state index is 10.9. The summed E-state index contributed by atoms with van der Waals surface area (Å²) in [6.07, 6.45) is 3.85. The van der Waals surface area contributed by atoms with E-state index in [1.54, 1.807) is 19.4 Å². The van der Waals surface area contributed by atoms with Gasteiger partial charge in [0.2, 0.25) is 5.91 Å². The fourth-order valence-corrected chi connectivity index (χ4v) is 2.42. The molecule has 0 radical (unpaired) electrons. The van der Waals surface area contributed by atoms with Crippen LogP contribution < -0.4 is 5.32 Å². The van der Waals surface area contributed by atoms with E-state index in [1.165, 1.54) is 30.6 Å². The van der Waals surface area contributed by atoms with Crippen molar-refractivity contribution in [3.63, 3.8) is 0 Å². The summed E-state index contributed by atoms with van der Waals surface area (Å²) in [6.45, 7) is 1.74. The molecule has 7 nitrogen and oxygen atoms in total. The van der Waals surface area contributed by atoms with Crippen molar-refractivity contribution in [2.75, 3.05) is 19.6 Å². The zero-order chi connectivity index (χ0) is 17.7. The third kappa shape index (κ3) is 11.4. The summed E-state index contributed by atoms with van der Waals surface area (Å²) in [6, 6.07) is 0. The van der Waals surface area contributed by atoms with Crippen LogP contribution in [0.5, 0.6) is 0 Å². The van der Waals surface area contributed by atoms with Gasteiger partial charge in [-0.3, -0.25) is 19.2 Å². The Morgan fingerprint density at radius 3 is 1.77 bits per heavy atom. The van der Waals surface area contributed by atoms with Crippen molar-refractivity contribution in [2.24, 2.45) is 0 Å². The van der Waals surface area contributed by atoms with Crippen LogP contribution in [0.4, 0.5) is 0 Å². The molecule has 0 rings (SSSR count). The zero-order valence-electron chi connectivity index (χ0n) is 13.1. The Bertz CT molecular complexity index is 389. The van der Waals surface area contributed by atoms with E-state index < -0.39 is 22.4 Å². The number of carbonyl (C=O) groups excluding carboxylic acids is 2. The number of rotatable bonds is 9. The van der Waals surface area contributed by atoms with Crippen molar-refractivity contribution < 1.29 is 29.4 Å². The molecule has 128 valence electrons. The van der Waals surface area contributed by atoms with E-state index in [9.17, 15) is 19.2 Å². The quantitative estimate of drug-likeness (QED) is 0.564. The highest BCUT2D eigenvalue weighted by Gasteiger charge is 2.19. The summed E-state index contributed by atoms with van der Waals surface area (Å²) in [4.78, 5) is 42.3. The number of amides is 1. The first-order valence-electron chi connectivity index (χ1n) is 6.46. The Balaban J connectivity index is 0. The number of hydrogen-bond donors (Lipinski definition) is 3. The molecule has 0 bridgehead atoms. The average Bonchev–Trinajstić information content (AvgIpc) is 2.49. The number of carbonyl (C=O) groups is 4. The van der Waals surface area contributed by atoms with Crippen LogP contribution in [0.25, 0.3) is 0 Å². The highest BCUT2D eigenvalue weighted by molar-refractivity contribution is 8.00. The van der Waals surface area contributed by atoms with E-state index in [0.717, 1.165) is 0 Å². The lowest BCUT2D eigenvalue weighted by Crippen LogP contribution is -2.31. The molecule has 0 aliphatic carbocycles. The average molecular weight is 353 g/mol. The van der Waals surface area contributed by atoms with Gasteiger partial charge in [-0.05, 0) is 12.5 Å². The third-order valence-corrected chi connectivity index (χ3v) is 4.44. The van der Waals surface area contributed by atoms with Crippen LogP contribution in [0.1, 0.15) is 26.2 Å². The minimum atomic E-state index is -0.951. The summed E-state index contributed by atoms with van der Waals surface area (Å²) >= 11 is 2.44. The van der Waals surface area contributed by atoms with Gasteiger partial charge in [-0.15, -0.1) is 11.8 Å². The number of aliphatic carboxylic acids is 2. The van der Waals surface area contributed by atoms with Gasteiger partial charge in [0.15, 0.2) is 0 Å². The summed E-state index contributed by atoms with van der Waals surface area (Å²) in [7, 11) is 1.49. The van der Waals surface area contributed by atoms with Crippen molar-refractivity contribution in [3.05, 3.63) is 0 Å². The molecule has 0 aliphatic heterocycles. The van der Waals surface area contributed by atoms with Gasteiger partial charge < -0.3 is 15.5 Å². The molecule has 0 saturated carbocycles. The molecular formula is C13H23NO6S2. The monoisotopic (exact) mass is 353 g/mol. The van der Waals surface area contributed by atoms with Gasteiger partial charge in [0, 0.05) is 19.9 Å². The number of nitrogens with one attached hydrogen (secondary N) is 1. The van der Waals surface area contributed by atoms with E-state index in [-0.39, 0.29) is 24.5 Å². The van der Waals surface area contributed by atoms with Crippen LogP contribution in [0, 0.1) is 0 Å². The lowest BCUT2D eigenvalue weighted by molar-refractivity contribution is -0.138. The molecule has 9 heteroatoms. The Labute approximate surface area is 138 Å². The largest absolute Gasteiger partial charge is 0.481 e. The molecule has 2 unspecified atom stereocenters. The van der Waals surface area contributed by atoms with Crippen molar-refractivity contribution >= 4 is 47.2 Å². The lowest BCUT2D eigenvalue weighted by Gasteiger charge is -2.08. The molecule has 0 aromatic heterocycles. The number of ketones is 1. The molecule has 0 saturated heterocycles. The van der Waals surface area contributed by atoms with E-state index in [2.05, 4.69) is 5.32 Å². The molecule has 0 spiro atoms. The molecule has 3 N–H and O–H groups in total. The van der Waals surface area contributed by atoms with Crippen LogP contribution in [-0.2, 0) is 19.2 Å². The smallest absolute Gasteiger partial charge is 0.317 e. The van der Waals surface area contributed by atoms with Gasteiger partial charge in [-0.2, -0.15) is 11.8 Å². The van der Waals surface area contributed by atoms with E-state index in [4.69, 9.17) is 10.2 Å². The Morgan fingerprint density at radius 1 is 1.00 bits per heavy atom. The number of thioether (sulfide) groups is 2. The second-order valence-electron chi connectivity index (χ2n) is 4.10. The van der Waals surface area contributed by atoms with Crippen LogP contribution >= 0.6 is 23.5 Å². The van der Waals surface area contributed by atoms with Crippen LogP contribution in [0.2, 0.25) is 0 Å². The fraction of sp³-hybridized carbons (Fsp3) is 0.692. The number of hydrogen-bond acceptors (Lipinski definition) is 6.